The zero-order valence-electron chi connectivity index (χ0n) is 16.4. The molecule has 1 aliphatic heterocycles. The van der Waals surface area contributed by atoms with Gasteiger partial charge in [0.15, 0.2) is 11.5 Å². The Labute approximate surface area is 168 Å². The van der Waals surface area contributed by atoms with Gasteiger partial charge in [0.1, 0.15) is 12.4 Å². The topological polar surface area (TPSA) is 60.0 Å². The van der Waals surface area contributed by atoms with Crippen molar-refractivity contribution in [1.82, 2.24) is 10.2 Å². The molecule has 29 heavy (non-hydrogen) atoms. The van der Waals surface area contributed by atoms with E-state index in [0.717, 1.165) is 23.1 Å². The highest BCUT2D eigenvalue weighted by molar-refractivity contribution is 5.74. The molecule has 3 rings (SSSR count). The Bertz CT molecular complexity index is 861. The second-order valence-electron chi connectivity index (χ2n) is 6.66. The number of hydrogen-bond acceptors (Lipinski definition) is 4. The van der Waals surface area contributed by atoms with Crippen molar-refractivity contribution >= 4 is 6.03 Å². The third-order valence-electron chi connectivity index (χ3n) is 4.72. The standard InChI is InChI=1S/C21H24F2N2O4/c1-27-18-9-15-6-7-25(12-16(15)10-19(18)28-2)21(26)24-11-14-4-3-5-17(8-14)29-13-20(22)23/h3-5,8-10,20H,6-7,11-13H2,1-2H3,(H,24,26). The maximum Gasteiger partial charge on any atom is 0.317 e. The lowest BCUT2D eigenvalue weighted by Crippen LogP contribution is -2.42. The summed E-state index contributed by atoms with van der Waals surface area (Å²) in [6.07, 6.45) is -1.81. The van der Waals surface area contributed by atoms with Crippen molar-refractivity contribution in [1.29, 1.82) is 0 Å². The Balaban J connectivity index is 1.59. The van der Waals surface area contributed by atoms with Crippen LogP contribution in [0.1, 0.15) is 16.7 Å². The molecule has 6 nitrogen and oxygen atoms in total. The molecule has 2 aromatic carbocycles. The van der Waals surface area contributed by atoms with Crippen molar-refractivity contribution in [2.75, 3.05) is 27.4 Å². The molecule has 0 radical (unpaired) electrons. The van der Waals surface area contributed by atoms with E-state index in [1.165, 1.54) is 0 Å². The van der Waals surface area contributed by atoms with Gasteiger partial charge in [-0.05, 0) is 47.4 Å². The first-order valence-corrected chi connectivity index (χ1v) is 9.26. The van der Waals surface area contributed by atoms with Crippen LogP contribution >= 0.6 is 0 Å². The molecular formula is C21H24F2N2O4. The van der Waals surface area contributed by atoms with Crippen LogP contribution in [0.4, 0.5) is 13.6 Å². The van der Waals surface area contributed by atoms with Crippen LogP contribution in [0.3, 0.4) is 0 Å². The fourth-order valence-electron chi connectivity index (χ4n) is 3.25. The van der Waals surface area contributed by atoms with Gasteiger partial charge in [-0.3, -0.25) is 0 Å². The Morgan fingerprint density at radius 2 is 1.86 bits per heavy atom. The van der Waals surface area contributed by atoms with Gasteiger partial charge in [-0.1, -0.05) is 12.1 Å². The van der Waals surface area contributed by atoms with Gasteiger partial charge < -0.3 is 24.4 Å². The molecule has 2 amide bonds. The van der Waals surface area contributed by atoms with Gasteiger partial charge in [0.2, 0.25) is 0 Å². The van der Waals surface area contributed by atoms with Crippen LogP contribution < -0.4 is 19.5 Å². The van der Waals surface area contributed by atoms with Gasteiger partial charge in [-0.25, -0.2) is 13.6 Å². The van der Waals surface area contributed by atoms with E-state index >= 15 is 0 Å². The summed E-state index contributed by atoms with van der Waals surface area (Å²) in [5.41, 5.74) is 2.93. The number of nitrogens with one attached hydrogen (secondary N) is 1. The second kappa shape index (κ2) is 9.45. The molecule has 0 aliphatic carbocycles. The van der Waals surface area contributed by atoms with E-state index < -0.39 is 13.0 Å². The minimum Gasteiger partial charge on any atom is -0.493 e. The molecule has 0 bridgehead atoms. The molecule has 0 atom stereocenters. The third-order valence-corrected chi connectivity index (χ3v) is 4.72. The van der Waals surface area contributed by atoms with Crippen LogP contribution in [0.15, 0.2) is 36.4 Å². The van der Waals surface area contributed by atoms with Crippen LogP contribution in [0.2, 0.25) is 0 Å². The zero-order chi connectivity index (χ0) is 20.8. The van der Waals surface area contributed by atoms with Crippen molar-refractivity contribution in [2.24, 2.45) is 0 Å². The number of rotatable bonds is 7. The minimum absolute atomic E-state index is 0.190. The number of fused-ring (bicyclic) bond motifs is 1. The van der Waals surface area contributed by atoms with E-state index in [1.807, 2.05) is 12.1 Å². The Hall–Kier alpha value is -3.03. The van der Waals surface area contributed by atoms with E-state index in [4.69, 9.17) is 14.2 Å². The fraction of sp³-hybridized carbons (Fsp3) is 0.381. The monoisotopic (exact) mass is 406 g/mol. The number of carbonyl (C=O) groups is 1. The quantitative estimate of drug-likeness (QED) is 0.763. The Morgan fingerprint density at radius 1 is 1.14 bits per heavy atom. The molecule has 0 spiro atoms. The van der Waals surface area contributed by atoms with E-state index in [9.17, 15) is 13.6 Å². The normalized spacial score (nSPS) is 13.1. The van der Waals surface area contributed by atoms with Crippen LogP contribution in [-0.2, 0) is 19.5 Å². The summed E-state index contributed by atoms with van der Waals surface area (Å²) in [7, 11) is 3.18. The predicted molar refractivity (Wildman–Crippen MR) is 104 cm³/mol. The van der Waals surface area contributed by atoms with Crippen molar-refractivity contribution in [3.8, 4) is 17.2 Å². The predicted octanol–water partition coefficient (Wildman–Crippen LogP) is 3.62. The molecule has 1 N–H and O–H groups in total. The summed E-state index contributed by atoms with van der Waals surface area (Å²) in [6.45, 7) is 0.683. The summed E-state index contributed by atoms with van der Waals surface area (Å²) in [4.78, 5) is 14.3. The molecule has 156 valence electrons. The van der Waals surface area contributed by atoms with Crippen molar-refractivity contribution in [3.05, 3.63) is 53.1 Å². The van der Waals surface area contributed by atoms with Gasteiger partial charge in [-0.2, -0.15) is 0 Å². The first kappa shape index (κ1) is 20.7. The van der Waals surface area contributed by atoms with Crippen LogP contribution in [0, 0.1) is 0 Å². The largest absolute Gasteiger partial charge is 0.493 e. The zero-order valence-corrected chi connectivity index (χ0v) is 16.4. The summed E-state index contributed by atoms with van der Waals surface area (Å²) in [5.74, 6) is 1.66. The first-order chi connectivity index (χ1) is 14.0. The van der Waals surface area contributed by atoms with Crippen molar-refractivity contribution in [3.63, 3.8) is 0 Å². The fourth-order valence-corrected chi connectivity index (χ4v) is 3.25. The van der Waals surface area contributed by atoms with Gasteiger partial charge in [0.25, 0.3) is 6.43 Å². The van der Waals surface area contributed by atoms with Gasteiger partial charge in [-0.15, -0.1) is 0 Å². The van der Waals surface area contributed by atoms with Crippen LogP contribution in [0.25, 0.3) is 0 Å². The number of carbonyl (C=O) groups excluding carboxylic acids is 1. The third kappa shape index (κ3) is 5.28. The Kier molecular flexibility index (Phi) is 6.74. The van der Waals surface area contributed by atoms with Gasteiger partial charge in [0.05, 0.1) is 14.2 Å². The molecule has 0 aromatic heterocycles. The average Bonchev–Trinajstić information content (AvgIpc) is 2.74. The number of amides is 2. The molecule has 8 heteroatoms. The number of nitrogens with zero attached hydrogens (tertiary/aromatic N) is 1. The molecule has 2 aromatic rings. The Morgan fingerprint density at radius 3 is 2.55 bits per heavy atom. The first-order valence-electron chi connectivity index (χ1n) is 9.26. The minimum atomic E-state index is -2.53. The summed E-state index contributed by atoms with van der Waals surface area (Å²) in [6, 6.07) is 10.4. The van der Waals surface area contributed by atoms with Gasteiger partial charge >= 0.3 is 6.03 Å². The molecule has 0 unspecified atom stereocenters. The maximum atomic E-state index is 12.6. The second-order valence-corrected chi connectivity index (χ2v) is 6.66. The molecular weight excluding hydrogens is 382 g/mol. The van der Waals surface area contributed by atoms with E-state index in [0.29, 0.717) is 30.3 Å². The molecule has 0 saturated carbocycles. The number of ether oxygens (including phenoxy) is 3. The maximum absolute atomic E-state index is 12.6. The lowest BCUT2D eigenvalue weighted by atomic mass is 9.99. The van der Waals surface area contributed by atoms with E-state index in [-0.39, 0.29) is 12.6 Å². The SMILES string of the molecule is COc1cc2c(cc1OC)CN(C(=O)NCc1cccc(OCC(F)F)c1)CC2. The molecule has 1 heterocycles. The molecule has 1 aliphatic rings. The number of alkyl halides is 2. The van der Waals surface area contributed by atoms with Gasteiger partial charge in [0, 0.05) is 19.6 Å². The van der Waals surface area contributed by atoms with Crippen LogP contribution in [-0.4, -0.2) is 44.7 Å². The van der Waals surface area contributed by atoms with E-state index in [2.05, 4.69) is 5.32 Å². The van der Waals surface area contributed by atoms with Crippen molar-refractivity contribution in [2.45, 2.75) is 25.9 Å². The van der Waals surface area contributed by atoms with E-state index in [1.54, 1.807) is 43.4 Å². The highest BCUT2D eigenvalue weighted by Crippen LogP contribution is 2.33. The highest BCUT2D eigenvalue weighted by Gasteiger charge is 2.22. The lowest BCUT2D eigenvalue weighted by molar-refractivity contribution is 0.0818. The lowest BCUT2D eigenvalue weighted by Gasteiger charge is -2.29. The van der Waals surface area contributed by atoms with Crippen LogP contribution in [0.5, 0.6) is 17.2 Å². The van der Waals surface area contributed by atoms with Crippen molar-refractivity contribution < 1.29 is 27.8 Å². The average molecular weight is 406 g/mol. The number of benzene rings is 2. The molecule has 0 fully saturated rings. The highest BCUT2D eigenvalue weighted by atomic mass is 19.3. The summed E-state index contributed by atoms with van der Waals surface area (Å²) in [5, 5.41) is 2.87. The number of hydrogen-bond donors (Lipinski definition) is 1. The molecule has 0 saturated heterocycles. The number of urea groups is 1. The number of halogens is 2. The number of methoxy groups -OCH3 is 2. The summed E-state index contributed by atoms with van der Waals surface area (Å²) >= 11 is 0. The smallest absolute Gasteiger partial charge is 0.317 e. The summed E-state index contributed by atoms with van der Waals surface area (Å²) < 4.78 is 40.2.